The van der Waals surface area contributed by atoms with Crippen LogP contribution in [0.4, 0.5) is 5.82 Å². The van der Waals surface area contributed by atoms with E-state index in [1.165, 1.54) is 6.20 Å². The van der Waals surface area contributed by atoms with Crippen molar-refractivity contribution in [3.63, 3.8) is 0 Å². The molecule has 0 saturated carbocycles. The first-order valence-corrected chi connectivity index (χ1v) is 5.88. The Labute approximate surface area is 112 Å². The van der Waals surface area contributed by atoms with E-state index in [0.29, 0.717) is 21.1 Å². The molecule has 0 fully saturated rings. The van der Waals surface area contributed by atoms with E-state index < -0.39 is 0 Å². The lowest BCUT2D eigenvalue weighted by molar-refractivity contribution is 1.15. The average molecular weight is 309 g/mol. The Morgan fingerprint density at radius 2 is 2.00 bits per heavy atom. The molecule has 2 N–H and O–H groups in total. The molecule has 2 aromatic rings. The fourth-order valence-electron chi connectivity index (χ4n) is 1.16. The highest BCUT2D eigenvalue weighted by molar-refractivity contribution is 9.10. The zero-order chi connectivity index (χ0) is 12.3. The van der Waals surface area contributed by atoms with Gasteiger partial charge in [0.05, 0.1) is 11.2 Å². The van der Waals surface area contributed by atoms with Crippen LogP contribution in [0.1, 0.15) is 11.3 Å². The second-order valence-corrected chi connectivity index (χ2v) is 4.38. The molecule has 2 rings (SSSR count). The molecule has 0 amide bonds. The van der Waals surface area contributed by atoms with Gasteiger partial charge in [0, 0.05) is 5.56 Å². The lowest BCUT2D eigenvalue weighted by Gasteiger charge is -1.96. The highest BCUT2D eigenvalue weighted by Crippen LogP contribution is 2.14. The number of nitrogen functional groups attached to an aromatic ring is 1. The zero-order valence-corrected chi connectivity index (χ0v) is 11.0. The maximum absolute atomic E-state index is 5.98. The van der Waals surface area contributed by atoms with Crippen LogP contribution in [0.3, 0.4) is 0 Å². The summed E-state index contributed by atoms with van der Waals surface area (Å²) in [6.07, 6.45) is 1.52. The van der Waals surface area contributed by atoms with Crippen LogP contribution in [0.5, 0.6) is 0 Å². The van der Waals surface area contributed by atoms with E-state index in [9.17, 15) is 0 Å². The Hall–Kier alpha value is -1.57. The number of hydrogen-bond acceptors (Lipinski definition) is 3. The minimum Gasteiger partial charge on any atom is -0.381 e. The molecule has 84 valence electrons. The molecular weight excluding hydrogens is 302 g/mol. The van der Waals surface area contributed by atoms with Crippen LogP contribution in [0.2, 0.25) is 5.02 Å². The highest BCUT2D eigenvalue weighted by Gasteiger charge is 2.00. The van der Waals surface area contributed by atoms with Crippen molar-refractivity contribution in [2.24, 2.45) is 0 Å². The Bertz CT molecular complexity index is 617. The van der Waals surface area contributed by atoms with Gasteiger partial charge >= 0.3 is 0 Å². The molecule has 1 heterocycles. The van der Waals surface area contributed by atoms with E-state index >= 15 is 0 Å². The molecule has 0 aliphatic carbocycles. The van der Waals surface area contributed by atoms with Gasteiger partial charge in [-0.3, -0.25) is 0 Å². The van der Waals surface area contributed by atoms with Crippen LogP contribution in [-0.4, -0.2) is 9.97 Å². The molecule has 0 atom stereocenters. The molecule has 0 spiro atoms. The molecule has 0 aliphatic heterocycles. The van der Waals surface area contributed by atoms with Crippen molar-refractivity contribution >= 4 is 33.3 Å². The van der Waals surface area contributed by atoms with Gasteiger partial charge in [-0.15, -0.1) is 0 Å². The van der Waals surface area contributed by atoms with Crippen LogP contribution in [-0.2, 0) is 0 Å². The molecule has 1 aromatic heterocycles. The van der Waals surface area contributed by atoms with Crippen molar-refractivity contribution < 1.29 is 0 Å². The second-order valence-electron chi connectivity index (χ2n) is 3.16. The third-order valence-corrected chi connectivity index (χ3v) is 2.67. The molecule has 0 radical (unpaired) electrons. The van der Waals surface area contributed by atoms with Crippen LogP contribution in [0.25, 0.3) is 0 Å². The smallest absolute Gasteiger partial charge is 0.158 e. The van der Waals surface area contributed by atoms with Crippen LogP contribution < -0.4 is 5.73 Å². The minimum atomic E-state index is 0.299. The van der Waals surface area contributed by atoms with Gasteiger partial charge in [0.25, 0.3) is 0 Å². The number of hydrogen-bond donors (Lipinski definition) is 1. The second kappa shape index (κ2) is 5.17. The van der Waals surface area contributed by atoms with Crippen LogP contribution in [0, 0.1) is 11.8 Å². The Balaban J connectivity index is 2.40. The monoisotopic (exact) mass is 307 g/mol. The van der Waals surface area contributed by atoms with E-state index in [1.54, 1.807) is 6.07 Å². The van der Waals surface area contributed by atoms with E-state index in [2.05, 4.69) is 37.7 Å². The van der Waals surface area contributed by atoms with Gasteiger partial charge in [0.1, 0.15) is 4.60 Å². The molecule has 1 aromatic carbocycles. The quantitative estimate of drug-likeness (QED) is 0.761. The molecule has 3 nitrogen and oxygen atoms in total. The SMILES string of the molecule is Nc1ncc(Br)nc1C#Cc1ccccc1Cl. The van der Waals surface area contributed by atoms with Crippen LogP contribution >= 0.6 is 27.5 Å². The third kappa shape index (κ3) is 2.96. The van der Waals surface area contributed by atoms with Gasteiger partial charge in [0.15, 0.2) is 11.5 Å². The first-order valence-electron chi connectivity index (χ1n) is 4.71. The largest absolute Gasteiger partial charge is 0.381 e. The molecule has 0 unspecified atom stereocenters. The van der Waals surface area contributed by atoms with Crippen molar-refractivity contribution in [3.05, 3.63) is 51.3 Å². The maximum atomic E-state index is 5.98. The van der Waals surface area contributed by atoms with Gasteiger partial charge in [0.2, 0.25) is 0 Å². The van der Waals surface area contributed by atoms with Gasteiger partial charge in [-0.2, -0.15) is 0 Å². The van der Waals surface area contributed by atoms with Crippen LogP contribution in [0.15, 0.2) is 35.1 Å². The summed E-state index contributed by atoms with van der Waals surface area (Å²) in [7, 11) is 0. The van der Waals surface area contributed by atoms with Crippen molar-refractivity contribution in [1.82, 2.24) is 9.97 Å². The first kappa shape index (κ1) is 11.9. The zero-order valence-electron chi connectivity index (χ0n) is 8.61. The number of halogens is 2. The normalized spacial score (nSPS) is 9.53. The summed E-state index contributed by atoms with van der Waals surface area (Å²) in [5, 5.41) is 0.599. The van der Waals surface area contributed by atoms with E-state index in [-0.39, 0.29) is 0 Å². The summed E-state index contributed by atoms with van der Waals surface area (Å²) in [5.41, 5.74) is 6.82. The topological polar surface area (TPSA) is 51.8 Å². The molecule has 0 bridgehead atoms. The summed E-state index contributed by atoms with van der Waals surface area (Å²) in [5.74, 6) is 6.06. The predicted molar refractivity (Wildman–Crippen MR) is 71.6 cm³/mol. The fourth-order valence-corrected chi connectivity index (χ4v) is 1.62. The minimum absolute atomic E-state index is 0.299. The van der Waals surface area contributed by atoms with Crippen molar-refractivity contribution in [3.8, 4) is 11.8 Å². The third-order valence-electron chi connectivity index (χ3n) is 1.96. The summed E-state index contributed by atoms with van der Waals surface area (Å²) < 4.78 is 0.593. The van der Waals surface area contributed by atoms with Gasteiger partial charge in [-0.25, -0.2) is 9.97 Å². The fraction of sp³-hybridized carbons (Fsp3) is 0. The Morgan fingerprint density at radius 3 is 2.76 bits per heavy atom. The van der Waals surface area contributed by atoms with Crippen molar-refractivity contribution in [2.75, 3.05) is 5.73 Å². The van der Waals surface area contributed by atoms with Gasteiger partial charge in [-0.05, 0) is 34.0 Å². The number of nitrogens with two attached hydrogens (primary N) is 1. The van der Waals surface area contributed by atoms with E-state index in [1.807, 2.05) is 18.2 Å². The average Bonchev–Trinajstić information content (AvgIpc) is 2.32. The number of aromatic nitrogens is 2. The molecule has 5 heteroatoms. The van der Waals surface area contributed by atoms with Crippen molar-refractivity contribution in [1.29, 1.82) is 0 Å². The van der Waals surface area contributed by atoms with E-state index in [0.717, 1.165) is 5.56 Å². The van der Waals surface area contributed by atoms with Crippen molar-refractivity contribution in [2.45, 2.75) is 0 Å². The molecule has 0 aliphatic rings. The molecule has 0 saturated heterocycles. The summed E-state index contributed by atoms with van der Waals surface area (Å²) in [4.78, 5) is 8.08. The predicted octanol–water partition coefficient (Wildman–Crippen LogP) is 2.87. The maximum Gasteiger partial charge on any atom is 0.158 e. The molecular formula is C12H7BrClN3. The van der Waals surface area contributed by atoms with Gasteiger partial charge < -0.3 is 5.73 Å². The number of rotatable bonds is 0. The standard InChI is InChI=1S/C12H7BrClN3/c13-11-7-16-12(15)10(17-11)6-5-8-3-1-2-4-9(8)14/h1-4,7H,(H2,15,16). The Kier molecular flexibility index (Phi) is 3.62. The lowest BCUT2D eigenvalue weighted by Crippen LogP contribution is -1.97. The lowest BCUT2D eigenvalue weighted by atomic mass is 10.2. The Morgan fingerprint density at radius 1 is 1.24 bits per heavy atom. The molecule has 17 heavy (non-hydrogen) atoms. The number of anilines is 1. The summed E-state index contributed by atoms with van der Waals surface area (Å²) in [6.45, 7) is 0. The highest BCUT2D eigenvalue weighted by atomic mass is 79.9. The summed E-state index contributed by atoms with van der Waals surface area (Å²) in [6, 6.07) is 7.32. The van der Waals surface area contributed by atoms with E-state index in [4.69, 9.17) is 17.3 Å². The van der Waals surface area contributed by atoms with Gasteiger partial charge in [-0.1, -0.05) is 29.7 Å². The number of nitrogens with zero attached hydrogens (tertiary/aromatic N) is 2. The summed E-state index contributed by atoms with van der Waals surface area (Å²) >= 11 is 9.20. The number of benzene rings is 1. The first-order chi connectivity index (χ1) is 8.16.